The number of nitrogens with one attached hydrogen (secondary N) is 1. The van der Waals surface area contributed by atoms with Crippen molar-refractivity contribution in [3.8, 4) is 11.5 Å². The summed E-state index contributed by atoms with van der Waals surface area (Å²) in [5.41, 5.74) is 4.03. The number of carbonyl (C=O) groups is 1. The van der Waals surface area contributed by atoms with Crippen LogP contribution in [0.3, 0.4) is 0 Å². The zero-order valence-corrected chi connectivity index (χ0v) is 13.9. The fraction of sp³-hybridized carbons (Fsp3) is 0.278. The number of methoxy groups -OCH3 is 1. The molecule has 0 bridgehead atoms. The van der Waals surface area contributed by atoms with Gasteiger partial charge in [0.15, 0.2) is 11.5 Å². The molecule has 1 amide bonds. The Labute approximate surface area is 139 Å². The van der Waals surface area contributed by atoms with Crippen molar-refractivity contribution in [3.63, 3.8) is 0 Å². The van der Waals surface area contributed by atoms with E-state index in [1.807, 2.05) is 32.9 Å². The Morgan fingerprint density at radius 1 is 1.04 bits per heavy atom. The molecule has 0 fully saturated rings. The van der Waals surface area contributed by atoms with E-state index in [2.05, 4.69) is 10.1 Å². The number of ether oxygens (including phenoxy) is 2. The fourth-order valence-electron chi connectivity index (χ4n) is 2.57. The molecule has 2 aromatic rings. The van der Waals surface area contributed by atoms with Crippen molar-refractivity contribution in [2.24, 2.45) is 0 Å². The van der Waals surface area contributed by atoms with E-state index < -0.39 is 6.61 Å². The van der Waals surface area contributed by atoms with Gasteiger partial charge in [-0.2, -0.15) is 8.78 Å². The van der Waals surface area contributed by atoms with Gasteiger partial charge in [-0.3, -0.25) is 4.79 Å². The number of carbonyl (C=O) groups excluding carboxylic acids is 1. The predicted octanol–water partition coefficient (Wildman–Crippen LogP) is 4.47. The highest BCUT2D eigenvalue weighted by Crippen LogP contribution is 2.30. The van der Waals surface area contributed by atoms with Crippen LogP contribution in [0.4, 0.5) is 14.5 Å². The minimum atomic E-state index is -2.96. The number of amides is 1. The second-order valence-corrected chi connectivity index (χ2v) is 5.47. The average molecular weight is 335 g/mol. The maximum atomic E-state index is 12.4. The van der Waals surface area contributed by atoms with Crippen LogP contribution >= 0.6 is 0 Å². The lowest BCUT2D eigenvalue weighted by Crippen LogP contribution is -2.14. The molecule has 0 saturated carbocycles. The van der Waals surface area contributed by atoms with E-state index in [-0.39, 0.29) is 23.0 Å². The Hall–Kier alpha value is -2.63. The summed E-state index contributed by atoms with van der Waals surface area (Å²) in [7, 11) is 1.32. The third-order valence-electron chi connectivity index (χ3n) is 3.56. The standard InChI is InChI=1S/C18H19F2NO3/c1-10-7-11(2)16(12(3)8-10)21-17(22)13-5-6-14(24-18(19)20)15(9-13)23-4/h5-9,18H,1-4H3,(H,21,22). The first-order valence-corrected chi connectivity index (χ1v) is 7.34. The Morgan fingerprint density at radius 2 is 1.67 bits per heavy atom. The molecule has 0 aliphatic carbocycles. The number of anilines is 1. The molecule has 0 saturated heterocycles. The highest BCUT2D eigenvalue weighted by molar-refractivity contribution is 6.05. The normalized spacial score (nSPS) is 10.6. The molecule has 24 heavy (non-hydrogen) atoms. The third kappa shape index (κ3) is 4.01. The topological polar surface area (TPSA) is 47.6 Å². The lowest BCUT2D eigenvalue weighted by Gasteiger charge is -2.14. The Balaban J connectivity index is 2.27. The molecular weight excluding hydrogens is 316 g/mol. The maximum Gasteiger partial charge on any atom is 0.387 e. The van der Waals surface area contributed by atoms with E-state index >= 15 is 0 Å². The van der Waals surface area contributed by atoms with Crippen molar-refractivity contribution in [1.82, 2.24) is 0 Å². The van der Waals surface area contributed by atoms with Gasteiger partial charge in [-0.1, -0.05) is 17.7 Å². The van der Waals surface area contributed by atoms with Gasteiger partial charge < -0.3 is 14.8 Å². The lowest BCUT2D eigenvalue weighted by atomic mass is 10.0. The summed E-state index contributed by atoms with van der Waals surface area (Å²) in [5, 5.41) is 2.85. The van der Waals surface area contributed by atoms with Crippen molar-refractivity contribution in [2.45, 2.75) is 27.4 Å². The van der Waals surface area contributed by atoms with Crippen LogP contribution in [0.2, 0.25) is 0 Å². The van der Waals surface area contributed by atoms with Crippen LogP contribution in [-0.2, 0) is 0 Å². The Bertz CT molecular complexity index is 737. The van der Waals surface area contributed by atoms with E-state index in [1.165, 1.54) is 25.3 Å². The minimum absolute atomic E-state index is 0.0697. The van der Waals surface area contributed by atoms with Gasteiger partial charge in [-0.15, -0.1) is 0 Å². The zero-order chi connectivity index (χ0) is 17.9. The first kappa shape index (κ1) is 17.7. The van der Waals surface area contributed by atoms with E-state index in [0.717, 1.165) is 22.4 Å². The van der Waals surface area contributed by atoms with Crippen molar-refractivity contribution in [3.05, 3.63) is 52.6 Å². The van der Waals surface area contributed by atoms with Gasteiger partial charge in [0.05, 0.1) is 7.11 Å². The van der Waals surface area contributed by atoms with Gasteiger partial charge in [0, 0.05) is 11.3 Å². The quantitative estimate of drug-likeness (QED) is 0.877. The second kappa shape index (κ2) is 7.29. The molecule has 2 aromatic carbocycles. The number of alkyl halides is 2. The highest BCUT2D eigenvalue weighted by atomic mass is 19.3. The largest absolute Gasteiger partial charge is 0.493 e. The Kier molecular flexibility index (Phi) is 5.39. The predicted molar refractivity (Wildman–Crippen MR) is 88.2 cm³/mol. The second-order valence-electron chi connectivity index (χ2n) is 5.47. The Morgan fingerprint density at radius 3 is 2.21 bits per heavy atom. The molecule has 0 unspecified atom stereocenters. The molecule has 0 aliphatic heterocycles. The monoisotopic (exact) mass is 335 g/mol. The zero-order valence-electron chi connectivity index (χ0n) is 13.9. The number of rotatable bonds is 5. The number of hydrogen-bond acceptors (Lipinski definition) is 3. The number of hydrogen-bond donors (Lipinski definition) is 1. The highest BCUT2D eigenvalue weighted by Gasteiger charge is 2.15. The van der Waals surface area contributed by atoms with Crippen LogP contribution in [-0.4, -0.2) is 19.6 Å². The number of aryl methyl sites for hydroxylation is 3. The summed E-state index contributed by atoms with van der Waals surface area (Å²) < 4.78 is 34.1. The van der Waals surface area contributed by atoms with E-state index in [1.54, 1.807) is 0 Å². The molecular formula is C18H19F2NO3. The van der Waals surface area contributed by atoms with Gasteiger partial charge in [0.2, 0.25) is 0 Å². The van der Waals surface area contributed by atoms with Crippen LogP contribution in [0, 0.1) is 20.8 Å². The van der Waals surface area contributed by atoms with Gasteiger partial charge in [-0.25, -0.2) is 0 Å². The molecule has 128 valence electrons. The molecule has 0 radical (unpaired) electrons. The summed E-state index contributed by atoms with van der Waals surface area (Å²) in [6.45, 7) is 2.85. The molecule has 0 heterocycles. The molecule has 0 aromatic heterocycles. The summed E-state index contributed by atoms with van der Waals surface area (Å²) in [6, 6.07) is 8.01. The van der Waals surface area contributed by atoms with Crippen LogP contribution in [0.15, 0.2) is 30.3 Å². The molecule has 2 rings (SSSR count). The van der Waals surface area contributed by atoms with E-state index in [9.17, 15) is 13.6 Å². The third-order valence-corrected chi connectivity index (χ3v) is 3.56. The summed E-state index contributed by atoms with van der Waals surface area (Å²) in [5.74, 6) is -0.404. The van der Waals surface area contributed by atoms with Crippen LogP contribution < -0.4 is 14.8 Å². The SMILES string of the molecule is COc1cc(C(=O)Nc2c(C)cc(C)cc2C)ccc1OC(F)F. The van der Waals surface area contributed by atoms with Crippen LogP contribution in [0.5, 0.6) is 11.5 Å². The molecule has 0 aliphatic rings. The van der Waals surface area contributed by atoms with Crippen LogP contribution in [0.25, 0.3) is 0 Å². The molecule has 0 spiro atoms. The van der Waals surface area contributed by atoms with Gasteiger partial charge in [0.25, 0.3) is 5.91 Å². The molecule has 6 heteroatoms. The van der Waals surface area contributed by atoms with E-state index in [4.69, 9.17) is 4.74 Å². The van der Waals surface area contributed by atoms with Gasteiger partial charge >= 0.3 is 6.61 Å². The molecule has 4 nitrogen and oxygen atoms in total. The van der Waals surface area contributed by atoms with Crippen molar-refractivity contribution in [2.75, 3.05) is 12.4 Å². The van der Waals surface area contributed by atoms with Gasteiger partial charge in [0.1, 0.15) is 0 Å². The summed E-state index contributed by atoms with van der Waals surface area (Å²) in [4.78, 5) is 12.4. The first-order chi connectivity index (χ1) is 11.3. The van der Waals surface area contributed by atoms with Gasteiger partial charge in [-0.05, 0) is 50.1 Å². The first-order valence-electron chi connectivity index (χ1n) is 7.34. The minimum Gasteiger partial charge on any atom is -0.493 e. The molecule has 0 atom stereocenters. The molecule has 1 N–H and O–H groups in total. The van der Waals surface area contributed by atoms with Crippen LogP contribution in [0.1, 0.15) is 27.0 Å². The smallest absolute Gasteiger partial charge is 0.387 e. The average Bonchev–Trinajstić information content (AvgIpc) is 2.50. The van der Waals surface area contributed by atoms with Crippen molar-refractivity contribution in [1.29, 1.82) is 0 Å². The van der Waals surface area contributed by atoms with E-state index in [0.29, 0.717) is 0 Å². The summed E-state index contributed by atoms with van der Waals surface area (Å²) in [6.07, 6.45) is 0. The van der Waals surface area contributed by atoms with Crippen molar-refractivity contribution >= 4 is 11.6 Å². The fourth-order valence-corrected chi connectivity index (χ4v) is 2.57. The summed E-state index contributed by atoms with van der Waals surface area (Å²) >= 11 is 0. The lowest BCUT2D eigenvalue weighted by molar-refractivity contribution is -0.0512. The number of benzene rings is 2. The maximum absolute atomic E-state index is 12.4. The number of halogens is 2. The van der Waals surface area contributed by atoms with Crippen molar-refractivity contribution < 1.29 is 23.0 Å².